The van der Waals surface area contributed by atoms with Crippen molar-refractivity contribution < 1.29 is 13.7 Å². The van der Waals surface area contributed by atoms with Gasteiger partial charge >= 0.3 is 6.09 Å². The van der Waals surface area contributed by atoms with Gasteiger partial charge < -0.3 is 15.0 Å². The van der Waals surface area contributed by atoms with Gasteiger partial charge in [-0.05, 0) is 32.9 Å². The fourth-order valence-corrected chi connectivity index (χ4v) is 3.75. The van der Waals surface area contributed by atoms with E-state index in [1.807, 2.05) is 18.2 Å². The van der Waals surface area contributed by atoms with Gasteiger partial charge in [-0.15, -0.1) is 4.36 Å². The summed E-state index contributed by atoms with van der Waals surface area (Å²) in [7, 11) is -2.87. The lowest BCUT2D eigenvalue weighted by molar-refractivity contribution is 0.0607. The van der Waals surface area contributed by atoms with Crippen LogP contribution in [0, 0.1) is 0 Å². The Labute approximate surface area is 138 Å². The van der Waals surface area contributed by atoms with E-state index in [4.69, 9.17) is 4.74 Å². The molecule has 1 N–H and O–H groups in total. The third-order valence-electron chi connectivity index (χ3n) is 3.37. The van der Waals surface area contributed by atoms with Gasteiger partial charge in [-0.3, -0.25) is 0 Å². The lowest BCUT2D eigenvalue weighted by atomic mass is 10.2. The van der Waals surface area contributed by atoms with Gasteiger partial charge in [0.2, 0.25) is 0 Å². The number of benzene rings is 1. The highest BCUT2D eigenvalue weighted by Crippen LogP contribution is 2.27. The first-order valence-corrected chi connectivity index (χ1v) is 9.61. The van der Waals surface area contributed by atoms with Crippen LogP contribution in [-0.2, 0) is 14.5 Å². The Morgan fingerprint density at radius 2 is 1.87 bits per heavy atom. The van der Waals surface area contributed by atoms with E-state index in [1.54, 1.807) is 26.8 Å². The number of anilines is 1. The number of piperazine rings is 1. The maximum Gasteiger partial charge on any atom is 0.442 e. The number of carbonyl (C=O) groups is 1. The monoisotopic (exact) mass is 339 g/mol. The van der Waals surface area contributed by atoms with Crippen LogP contribution in [0.15, 0.2) is 33.5 Å². The van der Waals surface area contributed by atoms with Crippen molar-refractivity contribution in [2.24, 2.45) is 4.36 Å². The van der Waals surface area contributed by atoms with Gasteiger partial charge in [0, 0.05) is 32.4 Å². The second kappa shape index (κ2) is 6.88. The van der Waals surface area contributed by atoms with Gasteiger partial charge in [0.05, 0.1) is 20.3 Å². The van der Waals surface area contributed by atoms with Gasteiger partial charge in [0.15, 0.2) is 0 Å². The summed E-state index contributed by atoms with van der Waals surface area (Å²) in [4.78, 5) is 14.7. The molecule has 0 aromatic heterocycles. The number of hydrogen-bond donors (Lipinski definition) is 1. The van der Waals surface area contributed by atoms with Crippen molar-refractivity contribution in [2.75, 3.05) is 37.3 Å². The Balaban J connectivity index is 2.36. The second-order valence-electron chi connectivity index (χ2n) is 6.58. The van der Waals surface area contributed by atoms with E-state index in [9.17, 15) is 9.00 Å². The molecule has 0 radical (unpaired) electrons. The normalized spacial score (nSPS) is 18.2. The molecule has 0 bridgehead atoms. The fraction of sp³-hybridized carbons (Fsp3) is 0.562. The minimum atomic E-state index is -2.87. The van der Waals surface area contributed by atoms with E-state index in [0.29, 0.717) is 4.90 Å². The van der Waals surface area contributed by atoms with E-state index in [1.165, 1.54) is 6.26 Å². The molecule has 0 spiro atoms. The van der Waals surface area contributed by atoms with E-state index in [-0.39, 0.29) is 0 Å². The summed E-state index contributed by atoms with van der Waals surface area (Å²) in [6.45, 7) is 8.69. The molecular weight excluding hydrogens is 314 g/mol. The van der Waals surface area contributed by atoms with Crippen LogP contribution in [0.3, 0.4) is 0 Å². The van der Waals surface area contributed by atoms with E-state index in [0.717, 1.165) is 31.9 Å². The van der Waals surface area contributed by atoms with E-state index >= 15 is 0 Å². The number of para-hydroxylation sites is 1. The number of carbonyl (C=O) groups excluding carboxylic acids is 1. The molecule has 23 heavy (non-hydrogen) atoms. The quantitative estimate of drug-likeness (QED) is 0.896. The zero-order chi connectivity index (χ0) is 17.1. The minimum absolute atomic E-state index is 0.577. The molecular formula is C16H25N3O3S. The highest BCUT2D eigenvalue weighted by atomic mass is 32.2. The Morgan fingerprint density at radius 3 is 2.48 bits per heavy atom. The van der Waals surface area contributed by atoms with Crippen molar-refractivity contribution in [3.05, 3.63) is 24.3 Å². The third kappa shape index (κ3) is 4.94. The maximum absolute atomic E-state index is 13.0. The SMILES string of the molecule is CC(C)(C)OC(=O)N=[S@](C)(=O)c1ccccc1N1CCNCC1. The molecule has 0 aliphatic carbocycles. The number of amides is 1. The first-order valence-electron chi connectivity index (χ1n) is 7.69. The summed E-state index contributed by atoms with van der Waals surface area (Å²) >= 11 is 0. The number of nitrogens with one attached hydrogen (secondary N) is 1. The Morgan fingerprint density at radius 1 is 1.26 bits per heavy atom. The van der Waals surface area contributed by atoms with E-state index in [2.05, 4.69) is 14.6 Å². The van der Waals surface area contributed by atoms with Crippen molar-refractivity contribution in [2.45, 2.75) is 31.3 Å². The molecule has 0 saturated carbocycles. The Kier molecular flexibility index (Phi) is 5.31. The first-order chi connectivity index (χ1) is 10.7. The molecule has 128 valence electrons. The predicted molar refractivity (Wildman–Crippen MR) is 92.5 cm³/mol. The molecule has 1 aromatic carbocycles. The van der Waals surface area contributed by atoms with Crippen LogP contribution in [0.2, 0.25) is 0 Å². The maximum atomic E-state index is 13.0. The van der Waals surface area contributed by atoms with Crippen molar-refractivity contribution in [3.63, 3.8) is 0 Å². The highest BCUT2D eigenvalue weighted by molar-refractivity contribution is 7.93. The lowest BCUT2D eigenvalue weighted by Gasteiger charge is -2.31. The van der Waals surface area contributed by atoms with Gasteiger partial charge in [-0.2, -0.15) is 0 Å². The average molecular weight is 339 g/mol. The lowest BCUT2D eigenvalue weighted by Crippen LogP contribution is -2.44. The standard InChI is InChI=1S/C16H25N3O3S/c1-16(2,3)22-15(20)18-23(4,21)14-8-6-5-7-13(14)19-11-9-17-10-12-19/h5-8,17H,9-12H2,1-4H3/t23-/m1/s1. The Bertz CT molecular complexity index is 682. The van der Waals surface area contributed by atoms with Crippen molar-refractivity contribution in [1.29, 1.82) is 0 Å². The first kappa shape index (κ1) is 17.7. The van der Waals surface area contributed by atoms with Crippen molar-refractivity contribution >= 4 is 21.5 Å². The molecule has 0 unspecified atom stereocenters. The predicted octanol–water partition coefficient (Wildman–Crippen LogP) is 2.49. The minimum Gasteiger partial charge on any atom is -0.442 e. The molecule has 1 saturated heterocycles. The third-order valence-corrected chi connectivity index (χ3v) is 5.03. The molecule has 1 heterocycles. The van der Waals surface area contributed by atoms with Crippen LogP contribution in [0.1, 0.15) is 20.8 Å². The van der Waals surface area contributed by atoms with Crippen LogP contribution >= 0.6 is 0 Å². The number of hydrogen-bond acceptors (Lipinski definition) is 5. The number of nitrogens with zero attached hydrogens (tertiary/aromatic N) is 2. The van der Waals surface area contributed by atoms with Gasteiger partial charge in [0.25, 0.3) is 0 Å². The molecule has 6 nitrogen and oxygen atoms in total. The summed E-state index contributed by atoms with van der Waals surface area (Å²) in [5.74, 6) is 0. The number of ether oxygens (including phenoxy) is 1. The van der Waals surface area contributed by atoms with Gasteiger partial charge in [-0.25, -0.2) is 9.00 Å². The summed E-state index contributed by atoms with van der Waals surface area (Å²) < 4.78 is 22.1. The van der Waals surface area contributed by atoms with Crippen LogP contribution in [-0.4, -0.2) is 48.3 Å². The summed E-state index contributed by atoms with van der Waals surface area (Å²) in [5.41, 5.74) is 0.211. The largest absolute Gasteiger partial charge is 0.442 e. The Hall–Kier alpha value is -1.60. The molecule has 2 rings (SSSR count). The molecule has 1 aromatic rings. The highest BCUT2D eigenvalue weighted by Gasteiger charge is 2.21. The number of rotatable bonds is 2. The fourth-order valence-electron chi connectivity index (χ4n) is 2.42. The molecule has 1 aliphatic rings. The molecule has 1 fully saturated rings. The topological polar surface area (TPSA) is 71.0 Å². The van der Waals surface area contributed by atoms with Crippen LogP contribution in [0.4, 0.5) is 10.5 Å². The van der Waals surface area contributed by atoms with E-state index < -0.39 is 21.4 Å². The average Bonchev–Trinajstić information content (AvgIpc) is 2.45. The van der Waals surface area contributed by atoms with Crippen LogP contribution in [0.5, 0.6) is 0 Å². The van der Waals surface area contributed by atoms with Crippen LogP contribution < -0.4 is 10.2 Å². The summed E-state index contributed by atoms with van der Waals surface area (Å²) in [5, 5.41) is 3.29. The summed E-state index contributed by atoms with van der Waals surface area (Å²) in [6, 6.07) is 7.42. The van der Waals surface area contributed by atoms with Crippen molar-refractivity contribution in [1.82, 2.24) is 5.32 Å². The van der Waals surface area contributed by atoms with Gasteiger partial charge in [-0.1, -0.05) is 12.1 Å². The second-order valence-corrected chi connectivity index (χ2v) is 8.81. The molecule has 1 aliphatic heterocycles. The van der Waals surface area contributed by atoms with Crippen LogP contribution in [0.25, 0.3) is 0 Å². The molecule has 1 atom stereocenters. The molecule has 7 heteroatoms. The van der Waals surface area contributed by atoms with Gasteiger partial charge in [0.1, 0.15) is 5.60 Å². The molecule has 1 amide bonds. The summed E-state index contributed by atoms with van der Waals surface area (Å²) in [6.07, 6.45) is 0.693. The smallest absolute Gasteiger partial charge is 0.442 e. The van der Waals surface area contributed by atoms with Crippen molar-refractivity contribution in [3.8, 4) is 0 Å². The zero-order valence-corrected chi connectivity index (χ0v) is 15.0. The zero-order valence-electron chi connectivity index (χ0n) is 14.2.